The highest BCUT2D eigenvalue weighted by molar-refractivity contribution is 6.06. The zero-order chi connectivity index (χ0) is 20.0. The molecule has 1 heterocycles. The molecule has 1 saturated carbocycles. The van der Waals surface area contributed by atoms with Gasteiger partial charge in [0, 0.05) is 0 Å². The molecule has 1 aromatic carbocycles. The van der Waals surface area contributed by atoms with Gasteiger partial charge in [0.15, 0.2) is 0 Å². The lowest BCUT2D eigenvalue weighted by Crippen LogP contribution is -2.58. The van der Waals surface area contributed by atoms with Gasteiger partial charge < -0.3 is 11.5 Å². The SMILES string of the molecule is NC1=NC2(CCCCC2)N(c2ccc(C(F)(F)F)cc2C(F)(F)F)C(N)=N1. The summed E-state index contributed by atoms with van der Waals surface area (Å²) in [6.45, 7) is 0. The van der Waals surface area contributed by atoms with Gasteiger partial charge in [-0.1, -0.05) is 6.42 Å². The van der Waals surface area contributed by atoms with E-state index in [0.29, 0.717) is 31.7 Å². The third kappa shape index (κ3) is 3.54. The van der Waals surface area contributed by atoms with Crippen LogP contribution in [0.3, 0.4) is 0 Å². The first-order valence-corrected chi connectivity index (χ1v) is 8.22. The van der Waals surface area contributed by atoms with Crippen LogP contribution in [0.15, 0.2) is 28.2 Å². The van der Waals surface area contributed by atoms with Crippen molar-refractivity contribution >= 4 is 17.6 Å². The maximum atomic E-state index is 13.6. The number of rotatable bonds is 1. The molecule has 148 valence electrons. The molecule has 0 bridgehead atoms. The van der Waals surface area contributed by atoms with Crippen LogP contribution in [0.1, 0.15) is 43.2 Å². The van der Waals surface area contributed by atoms with Crippen LogP contribution in [-0.2, 0) is 12.4 Å². The molecule has 1 fully saturated rings. The number of hydrogen-bond acceptors (Lipinski definition) is 5. The summed E-state index contributed by atoms with van der Waals surface area (Å²) < 4.78 is 79.6. The van der Waals surface area contributed by atoms with Crippen molar-refractivity contribution in [1.29, 1.82) is 0 Å². The molecule has 0 amide bonds. The lowest BCUT2D eigenvalue weighted by atomic mass is 9.86. The van der Waals surface area contributed by atoms with Gasteiger partial charge >= 0.3 is 12.4 Å². The van der Waals surface area contributed by atoms with Crippen LogP contribution < -0.4 is 16.4 Å². The lowest BCUT2D eigenvalue weighted by Gasteiger charge is -2.46. The monoisotopic (exact) mass is 393 g/mol. The Hall–Kier alpha value is -2.46. The van der Waals surface area contributed by atoms with Crippen LogP contribution in [0.25, 0.3) is 0 Å². The minimum Gasteiger partial charge on any atom is -0.369 e. The number of benzene rings is 1. The molecule has 3 rings (SSSR count). The van der Waals surface area contributed by atoms with Gasteiger partial charge in [-0.15, -0.1) is 0 Å². The maximum absolute atomic E-state index is 13.6. The van der Waals surface area contributed by atoms with E-state index in [9.17, 15) is 26.3 Å². The second kappa shape index (κ2) is 6.31. The molecule has 0 atom stereocenters. The van der Waals surface area contributed by atoms with E-state index in [1.165, 1.54) is 0 Å². The molecule has 5 nitrogen and oxygen atoms in total. The highest BCUT2D eigenvalue weighted by Crippen LogP contribution is 2.46. The standard InChI is InChI=1S/C16H17F6N5/c17-15(18,19)9-4-5-11(10(8-9)16(20,21)22)27-13(24)25-12(23)26-14(27)6-2-1-3-7-14/h4-5,8H,1-3,6-7H2,(H4,23,24,25,26). The summed E-state index contributed by atoms with van der Waals surface area (Å²) in [6, 6.07) is 1.44. The van der Waals surface area contributed by atoms with Crippen molar-refractivity contribution in [3.05, 3.63) is 29.3 Å². The van der Waals surface area contributed by atoms with Crippen LogP contribution in [0.2, 0.25) is 0 Å². The number of alkyl halides is 6. The summed E-state index contributed by atoms with van der Waals surface area (Å²) in [4.78, 5) is 9.06. The Balaban J connectivity index is 2.20. The van der Waals surface area contributed by atoms with Gasteiger partial charge in [-0.05, 0) is 43.9 Å². The van der Waals surface area contributed by atoms with E-state index in [0.717, 1.165) is 17.4 Å². The van der Waals surface area contributed by atoms with Crippen molar-refractivity contribution in [3.8, 4) is 0 Å². The molecule has 11 heteroatoms. The van der Waals surface area contributed by atoms with E-state index in [4.69, 9.17) is 11.5 Å². The van der Waals surface area contributed by atoms with E-state index in [2.05, 4.69) is 9.98 Å². The molecule has 1 aliphatic carbocycles. The normalized spacial score (nSPS) is 20.4. The van der Waals surface area contributed by atoms with E-state index in [-0.39, 0.29) is 18.0 Å². The Labute approximate surface area is 150 Å². The first-order valence-electron chi connectivity index (χ1n) is 8.22. The predicted molar refractivity (Wildman–Crippen MR) is 88.0 cm³/mol. The van der Waals surface area contributed by atoms with Gasteiger partial charge in [-0.2, -0.15) is 31.3 Å². The molecule has 0 radical (unpaired) electrons. The van der Waals surface area contributed by atoms with Gasteiger partial charge in [0.05, 0.1) is 16.8 Å². The highest BCUT2D eigenvalue weighted by Gasteiger charge is 2.47. The number of guanidine groups is 2. The van der Waals surface area contributed by atoms with Crippen LogP contribution in [0.4, 0.5) is 32.0 Å². The summed E-state index contributed by atoms with van der Waals surface area (Å²) in [5.74, 6) is -0.485. The van der Waals surface area contributed by atoms with Gasteiger partial charge in [0.25, 0.3) is 0 Å². The van der Waals surface area contributed by atoms with Crippen molar-refractivity contribution in [2.24, 2.45) is 21.5 Å². The summed E-state index contributed by atoms with van der Waals surface area (Å²) >= 11 is 0. The molecule has 4 N–H and O–H groups in total. The first kappa shape index (κ1) is 19.3. The molecule has 27 heavy (non-hydrogen) atoms. The number of aliphatic imine (C=N–C) groups is 2. The van der Waals surface area contributed by atoms with Gasteiger partial charge in [-0.25, -0.2) is 4.99 Å². The lowest BCUT2D eigenvalue weighted by molar-refractivity contribution is -0.142. The fourth-order valence-corrected chi connectivity index (χ4v) is 3.60. The fourth-order valence-electron chi connectivity index (χ4n) is 3.60. The smallest absolute Gasteiger partial charge is 0.369 e. The minimum absolute atomic E-state index is 0.0841. The van der Waals surface area contributed by atoms with Crippen molar-refractivity contribution in [2.75, 3.05) is 4.90 Å². The van der Waals surface area contributed by atoms with Crippen LogP contribution in [0.5, 0.6) is 0 Å². The Bertz CT molecular complexity index is 789. The highest BCUT2D eigenvalue weighted by atomic mass is 19.4. The quantitative estimate of drug-likeness (QED) is 0.712. The van der Waals surface area contributed by atoms with Crippen molar-refractivity contribution in [2.45, 2.75) is 50.1 Å². The molecule has 0 unspecified atom stereocenters. The first-order chi connectivity index (χ1) is 12.4. The van der Waals surface area contributed by atoms with E-state index < -0.39 is 34.8 Å². The molecule has 1 spiro atoms. The van der Waals surface area contributed by atoms with Crippen LogP contribution in [-0.4, -0.2) is 17.6 Å². The average Bonchev–Trinajstić information content (AvgIpc) is 2.53. The van der Waals surface area contributed by atoms with E-state index in [1.54, 1.807) is 0 Å². The fraction of sp³-hybridized carbons (Fsp3) is 0.500. The average molecular weight is 393 g/mol. The summed E-state index contributed by atoms with van der Waals surface area (Å²) in [6.07, 6.45) is -7.01. The van der Waals surface area contributed by atoms with E-state index in [1.807, 2.05) is 0 Å². The zero-order valence-corrected chi connectivity index (χ0v) is 14.0. The third-order valence-corrected chi connectivity index (χ3v) is 4.72. The number of nitrogens with zero attached hydrogens (tertiary/aromatic N) is 3. The Morgan fingerprint density at radius 2 is 1.56 bits per heavy atom. The summed E-state index contributed by atoms with van der Waals surface area (Å²) in [5, 5.41) is 0. The topological polar surface area (TPSA) is 80.0 Å². The Morgan fingerprint density at radius 3 is 2.11 bits per heavy atom. The Kier molecular flexibility index (Phi) is 4.51. The van der Waals surface area contributed by atoms with Gasteiger partial charge in [0.1, 0.15) is 5.66 Å². The van der Waals surface area contributed by atoms with Crippen molar-refractivity contribution in [3.63, 3.8) is 0 Å². The van der Waals surface area contributed by atoms with Crippen molar-refractivity contribution in [1.82, 2.24) is 0 Å². The van der Waals surface area contributed by atoms with E-state index >= 15 is 0 Å². The van der Waals surface area contributed by atoms with Crippen LogP contribution in [0, 0.1) is 0 Å². The number of nitrogens with two attached hydrogens (primary N) is 2. The van der Waals surface area contributed by atoms with Crippen molar-refractivity contribution < 1.29 is 26.3 Å². The van der Waals surface area contributed by atoms with Gasteiger partial charge in [-0.3, -0.25) is 4.90 Å². The second-order valence-electron chi connectivity index (χ2n) is 6.55. The number of hydrogen-bond donors (Lipinski definition) is 2. The zero-order valence-electron chi connectivity index (χ0n) is 14.0. The molecule has 0 aromatic heterocycles. The second-order valence-corrected chi connectivity index (χ2v) is 6.55. The third-order valence-electron chi connectivity index (χ3n) is 4.72. The molecule has 2 aliphatic rings. The molecule has 0 saturated heterocycles. The minimum atomic E-state index is -5.03. The molecular weight excluding hydrogens is 376 g/mol. The predicted octanol–water partition coefficient (Wildman–Crippen LogP) is 3.83. The molecule has 1 aliphatic heterocycles. The van der Waals surface area contributed by atoms with Gasteiger partial charge in [0.2, 0.25) is 11.9 Å². The summed E-state index contributed by atoms with van der Waals surface area (Å²) in [7, 11) is 0. The maximum Gasteiger partial charge on any atom is 0.418 e. The molecular formula is C16H17F6N5. The largest absolute Gasteiger partial charge is 0.418 e. The summed E-state index contributed by atoms with van der Waals surface area (Å²) in [5.41, 5.74) is 6.98. The van der Waals surface area contributed by atoms with Crippen LogP contribution >= 0.6 is 0 Å². The number of anilines is 1. The Morgan fingerprint density at radius 1 is 0.926 bits per heavy atom. The number of halogens is 6. The molecule has 1 aromatic rings.